The number of primary amides is 1. The van der Waals surface area contributed by atoms with Crippen LogP contribution < -0.4 is 5.73 Å². The number of rotatable bonds is 8. The van der Waals surface area contributed by atoms with Crippen LogP contribution in [0.5, 0.6) is 5.75 Å². The van der Waals surface area contributed by atoms with Gasteiger partial charge in [0.25, 0.3) is 6.43 Å². The van der Waals surface area contributed by atoms with Gasteiger partial charge in [0.15, 0.2) is 34.7 Å². The predicted molar refractivity (Wildman–Crippen MR) is 135 cm³/mol. The molecule has 222 valence electrons. The zero-order valence-corrected chi connectivity index (χ0v) is 22.6. The molecule has 3 saturated carbocycles. The standard InChI is InChI=1S/C28H32F3N3O7/c1-33(2)22-15-6-12-5-14-19(16(35)7-13(21(14)31)9-34(10-17(29)30)8-11-3-4-11)23(36)18(12)25(38)28(15,41)26(39)20(24(22)37)27(32)40/h7,11-12,15,17-18,20,22,35,41H,3-6,8-10H2,1-2H3,(H2,32,40)/t12-,15-,18?,20?,22-,28-/m0/s1. The van der Waals surface area contributed by atoms with E-state index in [-0.39, 0.29) is 36.4 Å². The highest BCUT2D eigenvalue weighted by molar-refractivity contribution is 6.32. The third kappa shape index (κ3) is 4.67. The minimum absolute atomic E-state index is 0.0778. The van der Waals surface area contributed by atoms with Gasteiger partial charge < -0.3 is 15.9 Å². The van der Waals surface area contributed by atoms with Crippen LogP contribution >= 0.6 is 0 Å². The second kappa shape index (κ2) is 10.3. The van der Waals surface area contributed by atoms with Crippen LogP contribution in [-0.4, -0.2) is 94.3 Å². The average Bonchev–Trinajstić information content (AvgIpc) is 3.67. The lowest BCUT2D eigenvalue weighted by Crippen LogP contribution is -2.74. The molecule has 5 rings (SSSR count). The molecule has 6 atom stereocenters. The smallest absolute Gasteiger partial charge is 0.251 e. The topological polar surface area (TPSA) is 158 Å². The molecule has 0 bridgehead atoms. The van der Waals surface area contributed by atoms with E-state index in [1.807, 2.05) is 0 Å². The number of hydrogen-bond donors (Lipinski definition) is 3. The van der Waals surface area contributed by atoms with E-state index in [1.165, 1.54) is 23.9 Å². The molecule has 13 heteroatoms. The molecular weight excluding hydrogens is 547 g/mol. The predicted octanol–water partition coefficient (Wildman–Crippen LogP) is 0.483. The molecule has 0 radical (unpaired) electrons. The van der Waals surface area contributed by atoms with E-state index in [1.54, 1.807) is 0 Å². The Hall–Kier alpha value is -3.16. The second-order valence-corrected chi connectivity index (χ2v) is 12.0. The Balaban J connectivity index is 1.54. The Bertz CT molecular complexity index is 1340. The van der Waals surface area contributed by atoms with Crippen LogP contribution in [0.15, 0.2) is 6.07 Å². The number of benzene rings is 1. The number of alkyl halides is 2. The van der Waals surface area contributed by atoms with Gasteiger partial charge in [0.1, 0.15) is 11.6 Å². The van der Waals surface area contributed by atoms with Crippen molar-refractivity contribution < 1.29 is 47.4 Å². The van der Waals surface area contributed by atoms with Gasteiger partial charge in [0.2, 0.25) is 5.91 Å². The van der Waals surface area contributed by atoms with Gasteiger partial charge in [0, 0.05) is 30.1 Å². The molecule has 10 nitrogen and oxygen atoms in total. The molecule has 1 aromatic rings. The summed E-state index contributed by atoms with van der Waals surface area (Å²) in [5.74, 6) is -13.1. The number of aromatic hydroxyl groups is 1. The van der Waals surface area contributed by atoms with Crippen molar-refractivity contribution in [1.29, 1.82) is 0 Å². The summed E-state index contributed by atoms with van der Waals surface area (Å²) in [5, 5.41) is 22.4. The van der Waals surface area contributed by atoms with Crippen molar-refractivity contribution in [3.63, 3.8) is 0 Å². The number of hydrogen-bond acceptors (Lipinski definition) is 9. The molecule has 2 unspecified atom stereocenters. The minimum atomic E-state index is -2.87. The zero-order valence-electron chi connectivity index (χ0n) is 22.6. The van der Waals surface area contributed by atoms with Crippen molar-refractivity contribution in [3.05, 3.63) is 28.6 Å². The fourth-order valence-electron chi connectivity index (χ4n) is 7.13. The lowest BCUT2D eigenvalue weighted by Gasteiger charge is -2.52. The van der Waals surface area contributed by atoms with Gasteiger partial charge in [-0.1, -0.05) is 0 Å². The first-order valence-electron chi connectivity index (χ1n) is 13.6. The number of phenolic OH excluding ortho intramolecular Hbond substituents is 1. The van der Waals surface area contributed by atoms with Crippen molar-refractivity contribution in [3.8, 4) is 5.75 Å². The monoisotopic (exact) mass is 579 g/mol. The zero-order chi connectivity index (χ0) is 30.1. The summed E-state index contributed by atoms with van der Waals surface area (Å²) in [5.41, 5.74) is 1.69. The van der Waals surface area contributed by atoms with E-state index >= 15 is 4.39 Å². The van der Waals surface area contributed by atoms with Crippen LogP contribution in [-0.2, 0) is 32.1 Å². The highest BCUT2D eigenvalue weighted by Gasteiger charge is 2.69. The van der Waals surface area contributed by atoms with Crippen molar-refractivity contribution in [2.45, 2.75) is 50.3 Å². The Morgan fingerprint density at radius 2 is 1.83 bits per heavy atom. The highest BCUT2D eigenvalue weighted by Crippen LogP contribution is 2.51. The maximum atomic E-state index is 15.9. The largest absolute Gasteiger partial charge is 0.507 e. The maximum Gasteiger partial charge on any atom is 0.251 e. The van der Waals surface area contributed by atoms with Gasteiger partial charge in [-0.05, 0) is 57.7 Å². The Morgan fingerprint density at radius 3 is 2.39 bits per heavy atom. The Labute approximate surface area is 233 Å². The molecule has 0 saturated heterocycles. The van der Waals surface area contributed by atoms with E-state index < -0.39 is 94.5 Å². The van der Waals surface area contributed by atoms with Gasteiger partial charge in [-0.25, -0.2) is 13.2 Å². The van der Waals surface area contributed by atoms with Gasteiger partial charge in [0.05, 0.1) is 24.1 Å². The Morgan fingerprint density at radius 1 is 1.17 bits per heavy atom. The lowest BCUT2D eigenvalue weighted by atomic mass is 9.52. The quantitative estimate of drug-likeness (QED) is 0.373. The summed E-state index contributed by atoms with van der Waals surface area (Å²) in [4.78, 5) is 68.6. The first kappa shape index (κ1) is 29.3. The second-order valence-electron chi connectivity index (χ2n) is 12.0. The van der Waals surface area contributed by atoms with Gasteiger partial charge in [-0.2, -0.15) is 0 Å². The lowest BCUT2D eigenvalue weighted by molar-refractivity contribution is -0.181. The molecule has 0 heterocycles. The number of nitrogens with two attached hydrogens (primary N) is 1. The molecule has 1 aromatic carbocycles. The number of amides is 1. The van der Waals surface area contributed by atoms with E-state index in [0.29, 0.717) is 6.54 Å². The number of phenols is 1. The number of aliphatic hydroxyl groups is 1. The van der Waals surface area contributed by atoms with Crippen LogP contribution in [0.1, 0.15) is 40.7 Å². The van der Waals surface area contributed by atoms with Gasteiger partial charge in [-0.3, -0.25) is 33.8 Å². The Kier molecular flexibility index (Phi) is 7.36. The summed E-state index contributed by atoms with van der Waals surface area (Å²) in [6.07, 6.45) is -1.34. The normalized spacial score (nSPS) is 31.5. The molecule has 4 N–H and O–H groups in total. The fraction of sp³-hybridized carbons (Fsp3) is 0.607. The first-order chi connectivity index (χ1) is 19.2. The summed E-state index contributed by atoms with van der Waals surface area (Å²) < 4.78 is 42.3. The molecule has 4 aliphatic rings. The third-order valence-corrected chi connectivity index (χ3v) is 9.07. The number of fused-ring (bicyclic) bond motifs is 3. The number of likely N-dealkylation sites (N-methyl/N-ethyl adjacent to an activating group) is 1. The molecule has 41 heavy (non-hydrogen) atoms. The van der Waals surface area contributed by atoms with Gasteiger partial charge in [-0.15, -0.1) is 0 Å². The average molecular weight is 580 g/mol. The number of halogens is 3. The third-order valence-electron chi connectivity index (χ3n) is 9.07. The van der Waals surface area contributed by atoms with Crippen LogP contribution in [0.25, 0.3) is 0 Å². The van der Waals surface area contributed by atoms with E-state index in [2.05, 4.69) is 0 Å². The summed E-state index contributed by atoms with van der Waals surface area (Å²) in [6, 6.07) is -0.287. The minimum Gasteiger partial charge on any atom is -0.507 e. The van der Waals surface area contributed by atoms with Crippen molar-refractivity contribution in [1.82, 2.24) is 9.80 Å². The number of carbonyl (C=O) groups is 5. The molecule has 0 aliphatic heterocycles. The van der Waals surface area contributed by atoms with E-state index in [9.17, 15) is 43.0 Å². The maximum absolute atomic E-state index is 15.9. The van der Waals surface area contributed by atoms with Crippen molar-refractivity contribution in [2.75, 3.05) is 27.2 Å². The summed E-state index contributed by atoms with van der Waals surface area (Å²) >= 11 is 0. The number of nitrogens with zero attached hydrogens (tertiary/aromatic N) is 2. The van der Waals surface area contributed by atoms with Crippen LogP contribution in [0.3, 0.4) is 0 Å². The van der Waals surface area contributed by atoms with Gasteiger partial charge >= 0.3 is 0 Å². The van der Waals surface area contributed by atoms with Crippen LogP contribution in [0.4, 0.5) is 13.2 Å². The first-order valence-corrected chi connectivity index (χ1v) is 13.6. The number of ketones is 4. The molecule has 0 spiro atoms. The molecule has 4 aliphatic carbocycles. The highest BCUT2D eigenvalue weighted by atomic mass is 19.3. The molecule has 3 fully saturated rings. The SMILES string of the molecule is CN(C)[C@@H]1C(=O)C(C(N)=O)C(=O)[C@@]2(O)C(=O)C3C(=O)c4c(O)cc(CN(CC(F)F)CC5CC5)c(F)c4C[C@H]3C[C@@H]12. The molecule has 0 aromatic heterocycles. The number of carbonyl (C=O) groups excluding carboxylic acids is 5. The summed E-state index contributed by atoms with van der Waals surface area (Å²) in [7, 11) is 2.93. The molecular formula is C28H32F3N3O7. The van der Waals surface area contributed by atoms with E-state index in [4.69, 9.17) is 5.73 Å². The van der Waals surface area contributed by atoms with Crippen molar-refractivity contribution in [2.24, 2.45) is 35.3 Å². The number of Topliss-reactive ketones (excluding diaryl/α,β-unsaturated/α-hetero) is 4. The van der Waals surface area contributed by atoms with Crippen molar-refractivity contribution >= 4 is 29.0 Å². The van der Waals surface area contributed by atoms with Crippen LogP contribution in [0.2, 0.25) is 0 Å². The van der Waals surface area contributed by atoms with Crippen LogP contribution in [0, 0.1) is 35.4 Å². The summed E-state index contributed by atoms with van der Waals surface area (Å²) in [6.45, 7) is -0.482. The fourth-order valence-corrected chi connectivity index (χ4v) is 7.13. The molecule has 1 amide bonds. The van der Waals surface area contributed by atoms with E-state index in [0.717, 1.165) is 18.9 Å².